The summed E-state index contributed by atoms with van der Waals surface area (Å²) in [7, 11) is 0. The smallest absolute Gasteiger partial charge is 0.141 e. The molecule has 1 aliphatic rings. The SMILES string of the molecule is NC1CNNC1c1ccc(F)c(Cl)c1. The largest absolute Gasteiger partial charge is 0.325 e. The van der Waals surface area contributed by atoms with Gasteiger partial charge in [-0.3, -0.25) is 5.43 Å². The maximum Gasteiger partial charge on any atom is 0.141 e. The van der Waals surface area contributed by atoms with E-state index in [0.717, 1.165) is 5.56 Å². The van der Waals surface area contributed by atoms with Crippen molar-refractivity contribution in [2.24, 2.45) is 5.73 Å². The predicted molar refractivity (Wildman–Crippen MR) is 53.3 cm³/mol. The topological polar surface area (TPSA) is 50.1 Å². The molecular formula is C9H11ClFN3. The van der Waals surface area contributed by atoms with Crippen LogP contribution in [0.15, 0.2) is 18.2 Å². The van der Waals surface area contributed by atoms with Gasteiger partial charge in [0.1, 0.15) is 5.82 Å². The van der Waals surface area contributed by atoms with Gasteiger partial charge in [0, 0.05) is 12.6 Å². The summed E-state index contributed by atoms with van der Waals surface area (Å²) >= 11 is 5.68. The highest BCUT2D eigenvalue weighted by molar-refractivity contribution is 6.30. The Morgan fingerprint density at radius 2 is 2.29 bits per heavy atom. The molecule has 0 saturated carbocycles. The Morgan fingerprint density at radius 3 is 2.86 bits per heavy atom. The van der Waals surface area contributed by atoms with Crippen molar-refractivity contribution in [2.45, 2.75) is 12.1 Å². The van der Waals surface area contributed by atoms with Crippen LogP contribution in [0.4, 0.5) is 4.39 Å². The fraction of sp³-hybridized carbons (Fsp3) is 0.333. The van der Waals surface area contributed by atoms with Crippen LogP contribution in [0.3, 0.4) is 0 Å². The van der Waals surface area contributed by atoms with E-state index in [1.54, 1.807) is 12.1 Å². The lowest BCUT2D eigenvalue weighted by atomic mass is 10.0. The molecule has 1 aromatic carbocycles. The number of benzene rings is 1. The van der Waals surface area contributed by atoms with Crippen LogP contribution >= 0.6 is 11.6 Å². The first-order valence-electron chi connectivity index (χ1n) is 4.37. The number of rotatable bonds is 1. The van der Waals surface area contributed by atoms with Crippen molar-refractivity contribution in [3.63, 3.8) is 0 Å². The summed E-state index contributed by atoms with van der Waals surface area (Å²) < 4.78 is 12.9. The lowest BCUT2D eigenvalue weighted by molar-refractivity contribution is 0.549. The lowest BCUT2D eigenvalue weighted by Gasteiger charge is -2.14. The van der Waals surface area contributed by atoms with Crippen molar-refractivity contribution < 1.29 is 4.39 Å². The summed E-state index contributed by atoms with van der Waals surface area (Å²) in [5.74, 6) is -0.407. The first-order chi connectivity index (χ1) is 6.68. The van der Waals surface area contributed by atoms with E-state index in [2.05, 4.69) is 10.9 Å². The zero-order valence-corrected chi connectivity index (χ0v) is 8.18. The molecule has 1 aromatic rings. The van der Waals surface area contributed by atoms with Gasteiger partial charge in [-0.1, -0.05) is 17.7 Å². The van der Waals surface area contributed by atoms with Crippen LogP contribution in [0.1, 0.15) is 11.6 Å². The summed E-state index contributed by atoms with van der Waals surface area (Å²) in [6.45, 7) is 0.694. The fourth-order valence-electron chi connectivity index (χ4n) is 1.55. The van der Waals surface area contributed by atoms with E-state index in [1.165, 1.54) is 6.07 Å². The van der Waals surface area contributed by atoms with Gasteiger partial charge in [0.15, 0.2) is 0 Å². The zero-order valence-electron chi connectivity index (χ0n) is 7.43. The molecule has 1 heterocycles. The Hall–Kier alpha value is -0.680. The molecule has 0 radical (unpaired) electrons. The molecule has 0 bridgehead atoms. The maximum atomic E-state index is 12.9. The van der Waals surface area contributed by atoms with Gasteiger partial charge in [-0.25, -0.2) is 9.82 Å². The average molecular weight is 216 g/mol. The van der Waals surface area contributed by atoms with Crippen LogP contribution in [-0.2, 0) is 0 Å². The summed E-state index contributed by atoms with van der Waals surface area (Å²) in [5, 5.41) is 0.128. The van der Waals surface area contributed by atoms with E-state index in [9.17, 15) is 4.39 Å². The van der Waals surface area contributed by atoms with Crippen molar-refractivity contribution in [1.29, 1.82) is 0 Å². The van der Waals surface area contributed by atoms with Gasteiger partial charge >= 0.3 is 0 Å². The highest BCUT2D eigenvalue weighted by atomic mass is 35.5. The monoisotopic (exact) mass is 215 g/mol. The van der Waals surface area contributed by atoms with Gasteiger partial charge in [0.25, 0.3) is 0 Å². The van der Waals surface area contributed by atoms with Crippen LogP contribution in [0.25, 0.3) is 0 Å². The van der Waals surface area contributed by atoms with Gasteiger partial charge in [0.05, 0.1) is 11.1 Å². The zero-order chi connectivity index (χ0) is 10.1. The molecule has 0 aromatic heterocycles. The Labute approximate surface area is 86.4 Å². The molecule has 76 valence electrons. The number of halogens is 2. The molecule has 1 saturated heterocycles. The molecule has 2 atom stereocenters. The predicted octanol–water partition coefficient (Wildman–Crippen LogP) is 0.955. The number of hydrogen-bond donors (Lipinski definition) is 3. The van der Waals surface area contributed by atoms with E-state index < -0.39 is 5.82 Å². The van der Waals surface area contributed by atoms with Gasteiger partial charge in [-0.2, -0.15) is 0 Å². The average Bonchev–Trinajstić information content (AvgIpc) is 2.57. The van der Waals surface area contributed by atoms with Gasteiger partial charge in [-0.05, 0) is 17.7 Å². The van der Waals surface area contributed by atoms with E-state index in [-0.39, 0.29) is 17.1 Å². The minimum Gasteiger partial charge on any atom is -0.325 e. The fourth-order valence-corrected chi connectivity index (χ4v) is 1.74. The first-order valence-corrected chi connectivity index (χ1v) is 4.75. The van der Waals surface area contributed by atoms with Gasteiger partial charge in [-0.15, -0.1) is 0 Å². The molecule has 14 heavy (non-hydrogen) atoms. The van der Waals surface area contributed by atoms with E-state index in [0.29, 0.717) is 6.54 Å². The van der Waals surface area contributed by atoms with Crippen molar-refractivity contribution >= 4 is 11.6 Å². The lowest BCUT2D eigenvalue weighted by Crippen LogP contribution is -2.29. The molecule has 4 N–H and O–H groups in total. The highest BCUT2D eigenvalue weighted by Gasteiger charge is 2.25. The minimum atomic E-state index is -0.407. The molecule has 1 aliphatic heterocycles. The van der Waals surface area contributed by atoms with Crippen LogP contribution in [0.5, 0.6) is 0 Å². The molecule has 1 fully saturated rings. The second-order valence-corrected chi connectivity index (χ2v) is 3.75. The third kappa shape index (κ3) is 1.74. The summed E-state index contributed by atoms with van der Waals surface area (Å²) in [6, 6.07) is 4.61. The quantitative estimate of drug-likeness (QED) is 0.654. The number of nitrogens with two attached hydrogens (primary N) is 1. The number of hydrogen-bond acceptors (Lipinski definition) is 3. The molecule has 0 spiro atoms. The first kappa shape index (κ1) is 9.86. The van der Waals surface area contributed by atoms with E-state index in [1.807, 2.05) is 0 Å². The summed E-state index contributed by atoms with van der Waals surface area (Å²) in [6.07, 6.45) is 0. The Kier molecular flexibility index (Phi) is 2.69. The van der Waals surface area contributed by atoms with Gasteiger partial charge < -0.3 is 5.73 Å². The molecule has 2 unspecified atom stereocenters. The number of nitrogens with one attached hydrogen (secondary N) is 2. The standard InChI is InChI=1S/C9H11ClFN3/c10-6-3-5(1-2-7(6)11)9-8(12)4-13-14-9/h1-3,8-9,13-14H,4,12H2. The minimum absolute atomic E-state index is 0.00639. The Bertz CT molecular complexity index is 345. The summed E-state index contributed by atoms with van der Waals surface area (Å²) in [4.78, 5) is 0. The molecular weight excluding hydrogens is 205 g/mol. The normalized spacial score (nSPS) is 26.8. The Morgan fingerprint density at radius 1 is 1.50 bits per heavy atom. The Balaban J connectivity index is 2.28. The van der Waals surface area contributed by atoms with Crippen molar-refractivity contribution in [1.82, 2.24) is 10.9 Å². The summed E-state index contributed by atoms with van der Waals surface area (Å²) in [5.41, 5.74) is 12.7. The third-order valence-electron chi connectivity index (χ3n) is 2.33. The second kappa shape index (κ2) is 3.82. The second-order valence-electron chi connectivity index (χ2n) is 3.34. The van der Waals surface area contributed by atoms with E-state index in [4.69, 9.17) is 17.3 Å². The van der Waals surface area contributed by atoms with Crippen molar-refractivity contribution in [3.05, 3.63) is 34.6 Å². The van der Waals surface area contributed by atoms with Crippen LogP contribution in [0.2, 0.25) is 5.02 Å². The van der Waals surface area contributed by atoms with Gasteiger partial charge in [0.2, 0.25) is 0 Å². The molecule has 0 amide bonds. The van der Waals surface area contributed by atoms with Crippen LogP contribution in [-0.4, -0.2) is 12.6 Å². The van der Waals surface area contributed by atoms with Crippen molar-refractivity contribution in [2.75, 3.05) is 6.54 Å². The van der Waals surface area contributed by atoms with E-state index >= 15 is 0 Å². The molecule has 0 aliphatic carbocycles. The molecule has 2 rings (SSSR count). The molecule has 5 heteroatoms. The van der Waals surface area contributed by atoms with Crippen molar-refractivity contribution in [3.8, 4) is 0 Å². The van der Waals surface area contributed by atoms with Crippen LogP contribution in [0, 0.1) is 5.82 Å². The molecule has 3 nitrogen and oxygen atoms in total. The highest BCUT2D eigenvalue weighted by Crippen LogP contribution is 2.23. The third-order valence-corrected chi connectivity index (χ3v) is 2.62. The number of hydrazine groups is 1. The maximum absolute atomic E-state index is 12.9. The van der Waals surface area contributed by atoms with Crippen LogP contribution < -0.4 is 16.6 Å².